The van der Waals surface area contributed by atoms with Crippen LogP contribution in [0.3, 0.4) is 0 Å². The standard InChI is InChI=1S/C15H19ClN2/c16-13-2-1-3-14(17-13)18-15-11-5-9-4-10(7-11)8-12(15)6-9/h1-3,9-12,15H,4-8H2,(H,17,18). The van der Waals surface area contributed by atoms with E-state index in [1.165, 1.54) is 32.1 Å². The molecule has 0 spiro atoms. The number of halogens is 1. The quantitative estimate of drug-likeness (QED) is 0.816. The summed E-state index contributed by atoms with van der Waals surface area (Å²) in [4.78, 5) is 4.38. The maximum atomic E-state index is 5.96. The van der Waals surface area contributed by atoms with Gasteiger partial charge in [-0.2, -0.15) is 0 Å². The predicted molar refractivity (Wildman–Crippen MR) is 73.7 cm³/mol. The molecule has 0 amide bonds. The largest absolute Gasteiger partial charge is 0.367 e. The van der Waals surface area contributed by atoms with Gasteiger partial charge in [0.25, 0.3) is 0 Å². The number of rotatable bonds is 2. The number of hydrogen-bond acceptors (Lipinski definition) is 2. The van der Waals surface area contributed by atoms with Crippen LogP contribution < -0.4 is 5.32 Å². The minimum absolute atomic E-state index is 0.587. The minimum Gasteiger partial charge on any atom is -0.367 e. The predicted octanol–water partition coefficient (Wildman–Crippen LogP) is 3.97. The molecule has 5 rings (SSSR count). The van der Waals surface area contributed by atoms with E-state index in [2.05, 4.69) is 10.3 Å². The highest BCUT2D eigenvalue weighted by Gasteiger charge is 2.48. The molecule has 0 unspecified atom stereocenters. The van der Waals surface area contributed by atoms with Crippen LogP contribution in [0, 0.1) is 23.7 Å². The summed E-state index contributed by atoms with van der Waals surface area (Å²) in [7, 11) is 0. The zero-order valence-electron chi connectivity index (χ0n) is 10.5. The molecule has 0 aliphatic heterocycles. The Morgan fingerprint density at radius 3 is 2.28 bits per heavy atom. The first-order valence-electron chi connectivity index (χ1n) is 7.17. The van der Waals surface area contributed by atoms with Gasteiger partial charge in [-0.15, -0.1) is 0 Å². The highest BCUT2D eigenvalue weighted by Crippen LogP contribution is 2.54. The molecular weight excluding hydrogens is 244 g/mol. The molecule has 0 aromatic carbocycles. The van der Waals surface area contributed by atoms with Crippen LogP contribution in [0.5, 0.6) is 0 Å². The molecule has 2 nitrogen and oxygen atoms in total. The first kappa shape index (κ1) is 11.1. The highest BCUT2D eigenvalue weighted by atomic mass is 35.5. The number of anilines is 1. The van der Waals surface area contributed by atoms with Crippen LogP contribution in [0.4, 0.5) is 5.82 Å². The van der Waals surface area contributed by atoms with Crippen molar-refractivity contribution in [2.45, 2.75) is 38.1 Å². The van der Waals surface area contributed by atoms with Gasteiger partial charge in [-0.3, -0.25) is 0 Å². The number of nitrogens with zero attached hydrogens (tertiary/aromatic N) is 1. The fraction of sp³-hybridized carbons (Fsp3) is 0.667. The number of hydrogen-bond donors (Lipinski definition) is 1. The maximum absolute atomic E-state index is 5.96. The average molecular weight is 263 g/mol. The Morgan fingerprint density at radius 1 is 1.00 bits per heavy atom. The normalized spacial score (nSPS) is 41.1. The van der Waals surface area contributed by atoms with Gasteiger partial charge in [-0.1, -0.05) is 17.7 Å². The SMILES string of the molecule is Clc1cccc(NC2C3CC4CC(C3)CC2C4)n1. The third kappa shape index (κ3) is 1.82. The van der Waals surface area contributed by atoms with E-state index in [-0.39, 0.29) is 0 Å². The van der Waals surface area contributed by atoms with Gasteiger partial charge in [-0.05, 0) is 67.9 Å². The third-order valence-corrected chi connectivity index (χ3v) is 5.47. The maximum Gasteiger partial charge on any atom is 0.131 e. The van der Waals surface area contributed by atoms with Crippen LogP contribution in [0.25, 0.3) is 0 Å². The fourth-order valence-corrected chi connectivity index (χ4v) is 4.98. The van der Waals surface area contributed by atoms with Gasteiger partial charge in [0.05, 0.1) is 0 Å². The lowest BCUT2D eigenvalue weighted by Gasteiger charge is -2.54. The van der Waals surface area contributed by atoms with Crippen molar-refractivity contribution in [1.29, 1.82) is 0 Å². The van der Waals surface area contributed by atoms with Crippen LogP contribution in [-0.2, 0) is 0 Å². The molecule has 0 saturated heterocycles. The summed E-state index contributed by atoms with van der Waals surface area (Å²) in [5.41, 5.74) is 0. The lowest BCUT2D eigenvalue weighted by atomic mass is 9.54. The van der Waals surface area contributed by atoms with E-state index in [4.69, 9.17) is 11.6 Å². The van der Waals surface area contributed by atoms with Crippen molar-refractivity contribution in [3.05, 3.63) is 23.4 Å². The second-order valence-electron chi connectivity index (χ2n) is 6.45. The Hall–Kier alpha value is -0.760. The average Bonchev–Trinajstić information content (AvgIpc) is 2.33. The summed E-state index contributed by atoms with van der Waals surface area (Å²) in [6.45, 7) is 0. The highest BCUT2D eigenvalue weighted by molar-refractivity contribution is 6.29. The molecule has 3 heteroatoms. The van der Waals surface area contributed by atoms with Crippen molar-refractivity contribution in [3.8, 4) is 0 Å². The Morgan fingerprint density at radius 2 is 1.67 bits per heavy atom. The lowest BCUT2D eigenvalue weighted by molar-refractivity contribution is 0.00742. The van der Waals surface area contributed by atoms with Crippen LogP contribution in [-0.4, -0.2) is 11.0 Å². The summed E-state index contributed by atoms with van der Waals surface area (Å²) in [6, 6.07) is 6.50. The van der Waals surface area contributed by atoms with Crippen molar-refractivity contribution < 1.29 is 0 Å². The first-order valence-corrected chi connectivity index (χ1v) is 7.55. The van der Waals surface area contributed by atoms with Crippen LogP contribution in [0.15, 0.2) is 18.2 Å². The van der Waals surface area contributed by atoms with E-state index in [0.29, 0.717) is 11.2 Å². The molecule has 4 aliphatic rings. The number of aromatic nitrogens is 1. The van der Waals surface area contributed by atoms with E-state index < -0.39 is 0 Å². The van der Waals surface area contributed by atoms with Gasteiger partial charge >= 0.3 is 0 Å². The van der Waals surface area contributed by atoms with Crippen LogP contribution in [0.2, 0.25) is 5.15 Å². The van der Waals surface area contributed by atoms with Gasteiger partial charge in [0, 0.05) is 6.04 Å². The number of pyridine rings is 1. The summed E-state index contributed by atoms with van der Waals surface area (Å²) >= 11 is 5.96. The van der Waals surface area contributed by atoms with E-state index in [1.54, 1.807) is 0 Å². The molecule has 4 fully saturated rings. The van der Waals surface area contributed by atoms with Gasteiger partial charge in [0.15, 0.2) is 0 Å². The van der Waals surface area contributed by atoms with Gasteiger partial charge in [0.1, 0.15) is 11.0 Å². The molecule has 0 radical (unpaired) electrons. The van der Waals surface area contributed by atoms with Crippen molar-refractivity contribution in [2.24, 2.45) is 23.7 Å². The van der Waals surface area contributed by atoms with Crippen molar-refractivity contribution >= 4 is 17.4 Å². The van der Waals surface area contributed by atoms with E-state index in [9.17, 15) is 0 Å². The van der Waals surface area contributed by atoms with Gasteiger partial charge in [-0.25, -0.2) is 4.98 Å². The zero-order valence-corrected chi connectivity index (χ0v) is 11.2. The molecule has 4 saturated carbocycles. The molecule has 1 aromatic heterocycles. The van der Waals surface area contributed by atoms with E-state index >= 15 is 0 Å². The second kappa shape index (κ2) is 4.12. The third-order valence-electron chi connectivity index (χ3n) is 5.26. The summed E-state index contributed by atoms with van der Waals surface area (Å²) in [6.07, 6.45) is 7.25. The topological polar surface area (TPSA) is 24.9 Å². The molecule has 18 heavy (non-hydrogen) atoms. The minimum atomic E-state index is 0.587. The molecule has 1 aromatic rings. The Labute approximate surface area is 113 Å². The first-order chi connectivity index (χ1) is 8.78. The molecule has 1 N–H and O–H groups in total. The van der Waals surface area contributed by atoms with E-state index in [0.717, 1.165) is 29.5 Å². The van der Waals surface area contributed by atoms with Crippen molar-refractivity contribution in [2.75, 3.05) is 5.32 Å². The van der Waals surface area contributed by atoms with Crippen LogP contribution in [0.1, 0.15) is 32.1 Å². The molecule has 4 bridgehead atoms. The molecule has 96 valence electrons. The van der Waals surface area contributed by atoms with Crippen molar-refractivity contribution in [3.63, 3.8) is 0 Å². The fourth-order valence-electron chi connectivity index (χ4n) is 4.82. The van der Waals surface area contributed by atoms with E-state index in [1.807, 2.05) is 18.2 Å². The monoisotopic (exact) mass is 262 g/mol. The van der Waals surface area contributed by atoms with Gasteiger partial charge < -0.3 is 5.32 Å². The van der Waals surface area contributed by atoms with Crippen LogP contribution >= 0.6 is 11.6 Å². The smallest absolute Gasteiger partial charge is 0.131 e. The Kier molecular flexibility index (Phi) is 2.54. The summed E-state index contributed by atoms with van der Waals surface area (Å²) < 4.78 is 0. The van der Waals surface area contributed by atoms with Gasteiger partial charge in [0.2, 0.25) is 0 Å². The molecule has 0 atom stereocenters. The Bertz CT molecular complexity index is 432. The number of nitrogens with one attached hydrogen (secondary N) is 1. The second-order valence-corrected chi connectivity index (χ2v) is 6.83. The molecule has 1 heterocycles. The summed E-state index contributed by atoms with van der Waals surface area (Å²) in [5, 5.41) is 4.26. The van der Waals surface area contributed by atoms with Crippen molar-refractivity contribution in [1.82, 2.24) is 4.98 Å². The molecular formula is C15H19ClN2. The Balaban J connectivity index is 1.55. The summed E-state index contributed by atoms with van der Waals surface area (Å²) in [5.74, 6) is 4.76. The molecule has 4 aliphatic carbocycles. The zero-order chi connectivity index (χ0) is 12.1. The lowest BCUT2D eigenvalue weighted by Crippen LogP contribution is -2.51.